The molecule has 1 aliphatic heterocycles. The highest BCUT2D eigenvalue weighted by atomic mass is 32.2. The van der Waals surface area contributed by atoms with Crippen LogP contribution in [-0.2, 0) is 38.6 Å². The van der Waals surface area contributed by atoms with E-state index < -0.39 is 79.0 Å². The molecule has 0 amide bonds. The Morgan fingerprint density at radius 1 is 1.13 bits per heavy atom. The standard InChI is InChI=1S/C25H33N3O10S/c1-14-10-8-9-11-16(14)39(34,35)25(17-12-26-22(27-17)28(32)33)19(37-21(31)24(5,6)7)18(15(13-29)38-25)36-20(30)23(2,3)4/h8-12,15,18-19,29H,13H2,1-7H3,(H,26,27)/t15-,18-,19+,25+/m1/s1. The van der Waals surface area contributed by atoms with Gasteiger partial charge in [-0.05, 0) is 65.0 Å². The minimum Gasteiger partial charge on any atom is -0.455 e. The fourth-order valence-electron chi connectivity index (χ4n) is 3.97. The predicted molar refractivity (Wildman–Crippen MR) is 136 cm³/mol. The van der Waals surface area contributed by atoms with Crippen molar-refractivity contribution in [2.24, 2.45) is 10.8 Å². The highest BCUT2D eigenvalue weighted by Gasteiger charge is 2.70. The molecule has 13 nitrogen and oxygen atoms in total. The molecular weight excluding hydrogens is 534 g/mol. The molecule has 3 rings (SSSR count). The number of esters is 2. The van der Waals surface area contributed by atoms with E-state index in [9.17, 15) is 33.2 Å². The Morgan fingerprint density at radius 3 is 2.18 bits per heavy atom. The summed E-state index contributed by atoms with van der Waals surface area (Å²) in [7, 11) is -4.78. The number of aryl methyl sites for hydroxylation is 1. The Kier molecular flexibility index (Phi) is 7.99. The van der Waals surface area contributed by atoms with Crippen LogP contribution in [0.25, 0.3) is 0 Å². The zero-order valence-electron chi connectivity index (χ0n) is 22.8. The van der Waals surface area contributed by atoms with Crippen LogP contribution < -0.4 is 0 Å². The molecular formula is C25H33N3O10S. The topological polar surface area (TPSA) is 188 Å². The van der Waals surface area contributed by atoms with Crippen molar-refractivity contribution in [3.05, 3.63) is 51.8 Å². The fraction of sp³-hybridized carbons (Fsp3) is 0.560. The van der Waals surface area contributed by atoms with Gasteiger partial charge in [-0.15, -0.1) is 0 Å². The third-order valence-electron chi connectivity index (χ3n) is 6.14. The number of carbonyl (C=O) groups excluding carboxylic acids is 2. The number of aromatic nitrogens is 2. The maximum absolute atomic E-state index is 14.5. The monoisotopic (exact) mass is 567 g/mol. The average Bonchev–Trinajstić information content (AvgIpc) is 3.43. The molecule has 0 aliphatic carbocycles. The summed E-state index contributed by atoms with van der Waals surface area (Å²) in [6, 6.07) is 5.90. The first kappa shape index (κ1) is 30.2. The molecule has 0 bridgehead atoms. The number of aromatic amines is 1. The SMILES string of the molecule is Cc1ccccc1S(=O)(=O)[C@]1(c2cnc([N+](=O)[O-])[nH]2)O[C@H](CO)[C@@H](OC(=O)C(C)(C)C)[C@@H]1OC(=O)C(C)(C)C. The summed E-state index contributed by atoms with van der Waals surface area (Å²) in [6.07, 6.45) is -4.14. The molecule has 214 valence electrons. The van der Waals surface area contributed by atoms with Crippen molar-refractivity contribution in [3.8, 4) is 0 Å². The second kappa shape index (κ2) is 10.3. The summed E-state index contributed by atoms with van der Waals surface area (Å²) in [5.74, 6) is -2.46. The van der Waals surface area contributed by atoms with E-state index in [1.165, 1.54) is 45.9 Å². The first-order chi connectivity index (χ1) is 17.9. The first-order valence-electron chi connectivity index (χ1n) is 12.1. The van der Waals surface area contributed by atoms with Crippen molar-refractivity contribution in [1.82, 2.24) is 9.97 Å². The number of nitrogens with one attached hydrogen (secondary N) is 1. The minimum atomic E-state index is -4.78. The van der Waals surface area contributed by atoms with Crippen LogP contribution in [0, 0.1) is 27.9 Å². The number of nitrogens with zero attached hydrogens (tertiary/aromatic N) is 2. The van der Waals surface area contributed by atoms with Crippen molar-refractivity contribution < 1.29 is 42.2 Å². The summed E-state index contributed by atoms with van der Waals surface area (Å²) in [4.78, 5) is 39.8. The number of hydrogen-bond donors (Lipinski definition) is 2. The molecule has 39 heavy (non-hydrogen) atoms. The lowest BCUT2D eigenvalue weighted by Gasteiger charge is -2.34. The van der Waals surface area contributed by atoms with Crippen LogP contribution in [0.1, 0.15) is 52.8 Å². The summed E-state index contributed by atoms with van der Waals surface area (Å²) in [5.41, 5.74) is -2.36. The zero-order chi connectivity index (χ0) is 29.6. The number of imidazole rings is 1. The molecule has 1 aliphatic rings. The van der Waals surface area contributed by atoms with Crippen molar-refractivity contribution in [2.75, 3.05) is 6.61 Å². The lowest BCUT2D eigenvalue weighted by molar-refractivity contribution is -0.393. The summed E-state index contributed by atoms with van der Waals surface area (Å²) in [6.45, 7) is 9.96. The molecule has 0 unspecified atom stereocenters. The second-order valence-electron chi connectivity index (χ2n) is 11.3. The molecule has 1 aromatic carbocycles. The third-order valence-corrected chi connectivity index (χ3v) is 8.52. The molecule has 2 heterocycles. The van der Waals surface area contributed by atoms with Gasteiger partial charge in [-0.25, -0.2) is 13.4 Å². The fourth-order valence-corrected chi connectivity index (χ4v) is 6.17. The van der Waals surface area contributed by atoms with Gasteiger partial charge in [0.15, 0.2) is 17.9 Å². The summed E-state index contributed by atoms with van der Waals surface area (Å²) >= 11 is 0. The zero-order valence-corrected chi connectivity index (χ0v) is 23.6. The van der Waals surface area contributed by atoms with Crippen LogP contribution in [0.5, 0.6) is 0 Å². The Labute approximate surface area is 225 Å². The number of H-pyrrole nitrogens is 1. The second-order valence-corrected chi connectivity index (χ2v) is 13.4. The van der Waals surface area contributed by atoms with Gasteiger partial charge in [0.2, 0.25) is 9.84 Å². The van der Waals surface area contributed by atoms with Crippen molar-refractivity contribution in [1.29, 1.82) is 0 Å². The molecule has 1 fully saturated rings. The smallest absolute Gasteiger partial charge is 0.432 e. The number of aliphatic hydroxyl groups excluding tert-OH is 1. The van der Waals surface area contributed by atoms with Gasteiger partial charge in [0.25, 0.3) is 4.93 Å². The molecule has 4 atom stereocenters. The minimum absolute atomic E-state index is 0.237. The molecule has 1 saturated heterocycles. The van der Waals surface area contributed by atoms with Crippen molar-refractivity contribution in [3.63, 3.8) is 0 Å². The highest BCUT2D eigenvalue weighted by molar-refractivity contribution is 7.92. The van der Waals surface area contributed by atoms with E-state index in [2.05, 4.69) is 9.97 Å². The van der Waals surface area contributed by atoms with E-state index in [-0.39, 0.29) is 4.90 Å². The largest absolute Gasteiger partial charge is 0.455 e. The van der Waals surface area contributed by atoms with Gasteiger partial charge in [-0.1, -0.05) is 23.2 Å². The van der Waals surface area contributed by atoms with Gasteiger partial charge < -0.3 is 29.4 Å². The Hall–Kier alpha value is -3.36. The summed E-state index contributed by atoms with van der Waals surface area (Å²) in [5, 5.41) is 21.7. The molecule has 2 N–H and O–H groups in total. The lowest BCUT2D eigenvalue weighted by atomic mass is 9.95. The Bertz CT molecular complexity index is 1370. The quantitative estimate of drug-likeness (QED) is 0.284. The van der Waals surface area contributed by atoms with E-state index in [4.69, 9.17) is 14.2 Å². The lowest BCUT2D eigenvalue weighted by Crippen LogP contribution is -2.52. The van der Waals surface area contributed by atoms with Crippen LogP contribution >= 0.6 is 0 Å². The number of ether oxygens (including phenoxy) is 3. The van der Waals surface area contributed by atoms with Gasteiger partial charge in [0, 0.05) is 0 Å². The number of aliphatic hydroxyl groups is 1. The maximum Gasteiger partial charge on any atom is 0.432 e. The summed E-state index contributed by atoms with van der Waals surface area (Å²) < 4.78 is 46.5. The number of carbonyl (C=O) groups is 2. The van der Waals surface area contributed by atoms with Crippen LogP contribution in [0.15, 0.2) is 35.4 Å². The van der Waals surface area contributed by atoms with E-state index in [0.29, 0.717) is 5.56 Å². The van der Waals surface area contributed by atoms with E-state index >= 15 is 0 Å². The maximum atomic E-state index is 14.5. The first-order valence-corrected chi connectivity index (χ1v) is 13.6. The van der Waals surface area contributed by atoms with Crippen LogP contribution in [0.4, 0.5) is 5.95 Å². The molecule has 0 radical (unpaired) electrons. The Balaban J connectivity index is 2.40. The third kappa shape index (κ3) is 5.40. The molecule has 0 spiro atoms. The van der Waals surface area contributed by atoms with Gasteiger partial charge in [0.05, 0.1) is 22.3 Å². The number of hydrogen-bond acceptors (Lipinski definition) is 11. The molecule has 1 aromatic heterocycles. The van der Waals surface area contributed by atoms with Crippen LogP contribution in [-0.4, -0.2) is 65.3 Å². The van der Waals surface area contributed by atoms with Crippen molar-refractivity contribution >= 4 is 27.7 Å². The van der Waals surface area contributed by atoms with Crippen LogP contribution in [0.2, 0.25) is 0 Å². The van der Waals surface area contributed by atoms with Crippen molar-refractivity contribution in [2.45, 2.75) is 76.6 Å². The predicted octanol–water partition coefficient (Wildman–Crippen LogP) is 2.56. The number of nitro groups is 1. The van der Waals surface area contributed by atoms with E-state index in [1.54, 1.807) is 26.8 Å². The van der Waals surface area contributed by atoms with Gasteiger partial charge in [-0.2, -0.15) is 0 Å². The average molecular weight is 568 g/mol. The van der Waals surface area contributed by atoms with Crippen LogP contribution in [0.3, 0.4) is 0 Å². The molecule has 2 aromatic rings. The Morgan fingerprint density at radius 2 is 1.69 bits per heavy atom. The number of sulfone groups is 1. The molecule has 0 saturated carbocycles. The van der Waals surface area contributed by atoms with Gasteiger partial charge in [-0.3, -0.25) is 9.59 Å². The van der Waals surface area contributed by atoms with E-state index in [0.717, 1.165) is 6.20 Å². The molecule has 14 heteroatoms. The van der Waals surface area contributed by atoms with Gasteiger partial charge in [0.1, 0.15) is 12.3 Å². The van der Waals surface area contributed by atoms with Gasteiger partial charge >= 0.3 is 17.9 Å². The number of rotatable bonds is 7. The van der Waals surface area contributed by atoms with E-state index in [1.807, 2.05) is 0 Å². The number of benzene rings is 1. The normalized spacial score (nSPS) is 23.8. The highest BCUT2D eigenvalue weighted by Crippen LogP contribution is 2.50.